The molecule has 1 atom stereocenters. The highest BCUT2D eigenvalue weighted by molar-refractivity contribution is 14.0. The second-order valence-electron chi connectivity index (χ2n) is 5.33. The zero-order valence-electron chi connectivity index (χ0n) is 14.7. The SMILES string of the molecule is COCC(C)NC(=NCCCO)NCCc1ccc(OC)cc1.I. The predicted molar refractivity (Wildman–Crippen MR) is 109 cm³/mol. The number of aliphatic hydroxyl groups excluding tert-OH is 1. The maximum absolute atomic E-state index is 8.87. The summed E-state index contributed by atoms with van der Waals surface area (Å²) in [5.41, 5.74) is 1.23. The van der Waals surface area contributed by atoms with Gasteiger partial charge in [0.1, 0.15) is 5.75 Å². The number of aliphatic imine (C=N–C) groups is 1. The Hall–Kier alpha value is -1.06. The van der Waals surface area contributed by atoms with Crippen LogP contribution < -0.4 is 15.4 Å². The monoisotopic (exact) mass is 451 g/mol. The molecule has 0 saturated carbocycles. The van der Waals surface area contributed by atoms with Crippen molar-refractivity contribution < 1.29 is 14.6 Å². The minimum atomic E-state index is 0. The summed E-state index contributed by atoms with van der Waals surface area (Å²) < 4.78 is 10.3. The smallest absolute Gasteiger partial charge is 0.191 e. The number of hydrogen-bond donors (Lipinski definition) is 3. The Bertz CT molecular complexity index is 455. The van der Waals surface area contributed by atoms with E-state index in [1.54, 1.807) is 14.2 Å². The Labute approximate surface area is 162 Å². The van der Waals surface area contributed by atoms with E-state index in [4.69, 9.17) is 14.6 Å². The Morgan fingerprint density at radius 3 is 2.54 bits per heavy atom. The molecule has 1 aromatic rings. The molecule has 0 radical (unpaired) electrons. The molecule has 0 heterocycles. The van der Waals surface area contributed by atoms with E-state index in [-0.39, 0.29) is 36.6 Å². The zero-order valence-corrected chi connectivity index (χ0v) is 17.1. The van der Waals surface area contributed by atoms with Gasteiger partial charge >= 0.3 is 0 Å². The van der Waals surface area contributed by atoms with E-state index in [2.05, 4.69) is 27.8 Å². The second-order valence-corrected chi connectivity index (χ2v) is 5.33. The Morgan fingerprint density at radius 2 is 1.96 bits per heavy atom. The van der Waals surface area contributed by atoms with Gasteiger partial charge in [0.25, 0.3) is 0 Å². The Kier molecular flexibility index (Phi) is 13.7. The first kappa shape index (κ1) is 22.9. The molecule has 3 N–H and O–H groups in total. The van der Waals surface area contributed by atoms with Crippen LogP contribution in [-0.4, -0.2) is 57.6 Å². The number of aliphatic hydroxyl groups is 1. The van der Waals surface area contributed by atoms with Crippen LogP contribution in [0.3, 0.4) is 0 Å². The van der Waals surface area contributed by atoms with Crippen molar-refractivity contribution in [1.82, 2.24) is 10.6 Å². The van der Waals surface area contributed by atoms with Gasteiger partial charge in [-0.15, -0.1) is 24.0 Å². The lowest BCUT2D eigenvalue weighted by Crippen LogP contribution is -2.44. The van der Waals surface area contributed by atoms with Crippen LogP contribution >= 0.6 is 24.0 Å². The van der Waals surface area contributed by atoms with Crippen LogP contribution in [0.2, 0.25) is 0 Å². The van der Waals surface area contributed by atoms with Crippen molar-refractivity contribution in [3.63, 3.8) is 0 Å². The third-order valence-corrected chi connectivity index (χ3v) is 3.25. The summed E-state index contributed by atoms with van der Waals surface area (Å²) in [7, 11) is 3.34. The molecule has 138 valence electrons. The summed E-state index contributed by atoms with van der Waals surface area (Å²) in [6.07, 6.45) is 1.55. The molecule has 6 nitrogen and oxygen atoms in total. The Balaban J connectivity index is 0.00000529. The third-order valence-electron chi connectivity index (χ3n) is 3.25. The standard InChI is InChI=1S/C17H29N3O3.HI/c1-14(13-22-2)20-17(18-10-4-12-21)19-11-9-15-5-7-16(23-3)8-6-15;/h5-8,14,21H,4,9-13H2,1-3H3,(H2,18,19,20);1H. The minimum Gasteiger partial charge on any atom is -0.497 e. The number of guanidine groups is 1. The highest BCUT2D eigenvalue weighted by Gasteiger charge is 2.05. The average molecular weight is 451 g/mol. The molecule has 0 aliphatic heterocycles. The van der Waals surface area contributed by atoms with Gasteiger partial charge in [0.15, 0.2) is 5.96 Å². The molecule has 0 amide bonds. The van der Waals surface area contributed by atoms with Crippen molar-refractivity contribution in [2.45, 2.75) is 25.8 Å². The first-order valence-corrected chi connectivity index (χ1v) is 7.97. The molecular weight excluding hydrogens is 421 g/mol. The fraction of sp³-hybridized carbons (Fsp3) is 0.588. The maximum atomic E-state index is 8.87. The molecule has 0 aliphatic rings. The van der Waals surface area contributed by atoms with Crippen LogP contribution in [0.15, 0.2) is 29.3 Å². The van der Waals surface area contributed by atoms with Gasteiger partial charge in [0.05, 0.1) is 13.7 Å². The lowest BCUT2D eigenvalue weighted by molar-refractivity contribution is 0.179. The van der Waals surface area contributed by atoms with Crippen molar-refractivity contribution in [2.24, 2.45) is 4.99 Å². The van der Waals surface area contributed by atoms with Crippen LogP contribution in [0.4, 0.5) is 0 Å². The van der Waals surface area contributed by atoms with Gasteiger partial charge < -0.3 is 25.2 Å². The first-order valence-electron chi connectivity index (χ1n) is 7.97. The summed E-state index contributed by atoms with van der Waals surface area (Å²) in [6.45, 7) is 4.16. The fourth-order valence-electron chi connectivity index (χ4n) is 2.06. The molecule has 0 fully saturated rings. The van der Waals surface area contributed by atoms with E-state index < -0.39 is 0 Å². The van der Waals surface area contributed by atoms with E-state index >= 15 is 0 Å². The molecule has 1 unspecified atom stereocenters. The molecule has 7 heteroatoms. The lowest BCUT2D eigenvalue weighted by Gasteiger charge is -2.17. The van der Waals surface area contributed by atoms with Gasteiger partial charge in [-0.25, -0.2) is 0 Å². The normalized spacial score (nSPS) is 12.2. The van der Waals surface area contributed by atoms with Crippen molar-refractivity contribution in [1.29, 1.82) is 0 Å². The molecule has 1 aromatic carbocycles. The van der Waals surface area contributed by atoms with E-state index in [9.17, 15) is 0 Å². The number of hydrogen-bond acceptors (Lipinski definition) is 4. The molecule has 1 rings (SSSR count). The molecule has 0 spiro atoms. The number of methoxy groups -OCH3 is 2. The lowest BCUT2D eigenvalue weighted by atomic mass is 10.1. The summed E-state index contributed by atoms with van der Waals surface area (Å²) in [6, 6.07) is 8.21. The van der Waals surface area contributed by atoms with E-state index in [0.717, 1.165) is 24.7 Å². The molecule has 0 saturated heterocycles. The van der Waals surface area contributed by atoms with Crippen molar-refractivity contribution in [2.75, 3.05) is 40.5 Å². The topological polar surface area (TPSA) is 75.1 Å². The summed E-state index contributed by atoms with van der Waals surface area (Å²) in [5.74, 6) is 1.61. The van der Waals surface area contributed by atoms with Crippen LogP contribution in [0.25, 0.3) is 0 Å². The van der Waals surface area contributed by atoms with Gasteiger partial charge in [-0.05, 0) is 37.5 Å². The number of ether oxygens (including phenoxy) is 2. The average Bonchev–Trinajstić information content (AvgIpc) is 2.55. The van der Waals surface area contributed by atoms with Crippen LogP contribution in [0.5, 0.6) is 5.75 Å². The predicted octanol–water partition coefficient (Wildman–Crippen LogP) is 1.81. The molecule has 0 bridgehead atoms. The van der Waals surface area contributed by atoms with Crippen molar-refractivity contribution in [3.05, 3.63) is 29.8 Å². The van der Waals surface area contributed by atoms with E-state index in [1.165, 1.54) is 5.56 Å². The largest absolute Gasteiger partial charge is 0.497 e. The summed E-state index contributed by atoms with van der Waals surface area (Å²) >= 11 is 0. The van der Waals surface area contributed by atoms with Crippen LogP contribution in [0, 0.1) is 0 Å². The molecule has 24 heavy (non-hydrogen) atoms. The number of nitrogens with zero attached hydrogens (tertiary/aromatic N) is 1. The summed E-state index contributed by atoms with van der Waals surface area (Å²) in [4.78, 5) is 4.45. The molecule has 0 aromatic heterocycles. The number of nitrogens with one attached hydrogen (secondary N) is 2. The van der Waals surface area contributed by atoms with Gasteiger partial charge in [-0.3, -0.25) is 4.99 Å². The van der Waals surface area contributed by atoms with Crippen LogP contribution in [0.1, 0.15) is 18.9 Å². The third kappa shape index (κ3) is 9.94. The second kappa shape index (κ2) is 14.3. The maximum Gasteiger partial charge on any atom is 0.191 e. The minimum absolute atomic E-state index is 0. The van der Waals surface area contributed by atoms with Gasteiger partial charge in [-0.2, -0.15) is 0 Å². The van der Waals surface area contributed by atoms with Gasteiger partial charge in [0.2, 0.25) is 0 Å². The van der Waals surface area contributed by atoms with Crippen LogP contribution in [-0.2, 0) is 11.2 Å². The highest BCUT2D eigenvalue weighted by atomic mass is 127. The summed E-state index contributed by atoms with van der Waals surface area (Å²) in [5, 5.41) is 15.5. The quantitative estimate of drug-likeness (QED) is 0.219. The molecular formula is C17H30IN3O3. The zero-order chi connectivity index (χ0) is 16.9. The van der Waals surface area contributed by atoms with Crippen molar-refractivity contribution in [3.8, 4) is 5.75 Å². The Morgan fingerprint density at radius 1 is 1.25 bits per heavy atom. The van der Waals surface area contributed by atoms with E-state index in [1.807, 2.05) is 19.1 Å². The van der Waals surface area contributed by atoms with Gasteiger partial charge in [0, 0.05) is 32.8 Å². The number of benzene rings is 1. The van der Waals surface area contributed by atoms with Crippen molar-refractivity contribution >= 4 is 29.9 Å². The first-order chi connectivity index (χ1) is 11.2. The van der Waals surface area contributed by atoms with E-state index in [0.29, 0.717) is 19.6 Å². The van der Waals surface area contributed by atoms with Gasteiger partial charge in [-0.1, -0.05) is 12.1 Å². The fourth-order valence-corrected chi connectivity index (χ4v) is 2.06. The highest BCUT2D eigenvalue weighted by Crippen LogP contribution is 2.11. The number of halogens is 1. The molecule has 0 aliphatic carbocycles. The number of rotatable bonds is 10.